The summed E-state index contributed by atoms with van der Waals surface area (Å²) in [4.78, 5) is 5.69. The maximum Gasteiger partial charge on any atom is 0.120 e. The molecule has 0 unspecified atom stereocenters. The van der Waals surface area contributed by atoms with Crippen LogP contribution in [0.15, 0.2) is 36.0 Å². The number of hydrogen-bond donors (Lipinski definition) is 0. The Labute approximate surface area is 129 Å². The van der Waals surface area contributed by atoms with E-state index in [9.17, 15) is 0 Å². The van der Waals surface area contributed by atoms with Crippen molar-refractivity contribution in [3.05, 3.63) is 46.5 Å². The van der Waals surface area contributed by atoms with Crippen LogP contribution < -0.4 is 4.74 Å². The highest BCUT2D eigenvalue weighted by Crippen LogP contribution is 2.23. The minimum atomic E-state index is 0.775. The fourth-order valence-electron chi connectivity index (χ4n) is 2.47. The van der Waals surface area contributed by atoms with E-state index in [1.165, 1.54) is 15.8 Å². The molecular formula is C17H20N2OS. The van der Waals surface area contributed by atoms with Gasteiger partial charge in [0.05, 0.1) is 17.8 Å². The molecule has 4 heteroatoms. The van der Waals surface area contributed by atoms with Crippen LogP contribution in [0, 0.1) is 6.92 Å². The molecule has 0 radical (unpaired) electrons. The Bertz CT molecular complexity index is 729. The Balaban J connectivity index is 1.76. The molecule has 2 aromatic heterocycles. The zero-order chi connectivity index (χ0) is 14.7. The summed E-state index contributed by atoms with van der Waals surface area (Å²) < 4.78 is 7.99. The molecule has 0 aliphatic carbocycles. The molecule has 3 nitrogen and oxygen atoms in total. The van der Waals surface area contributed by atoms with Crippen molar-refractivity contribution in [1.82, 2.24) is 9.55 Å². The van der Waals surface area contributed by atoms with Crippen molar-refractivity contribution in [3.63, 3.8) is 0 Å². The second kappa shape index (κ2) is 6.31. The van der Waals surface area contributed by atoms with Gasteiger partial charge in [0, 0.05) is 34.9 Å². The van der Waals surface area contributed by atoms with Gasteiger partial charge >= 0.3 is 0 Å². The van der Waals surface area contributed by atoms with Crippen LogP contribution in [0.1, 0.15) is 23.9 Å². The highest BCUT2D eigenvalue weighted by Gasteiger charge is 2.05. The molecule has 1 aromatic carbocycles. The average Bonchev–Trinajstić information content (AvgIpc) is 3.08. The molecule has 0 bridgehead atoms. The van der Waals surface area contributed by atoms with Gasteiger partial charge in [-0.2, -0.15) is 0 Å². The van der Waals surface area contributed by atoms with Crippen LogP contribution >= 0.6 is 11.3 Å². The minimum Gasteiger partial charge on any atom is -0.494 e. The van der Waals surface area contributed by atoms with Crippen LogP contribution in [-0.2, 0) is 13.0 Å². The standard InChI is InChI=1S/C17H20N2OS/c1-3-10-20-15-4-5-16-14(11-15)6-8-19(16)9-7-17-13(2)18-12-21-17/h4-6,8,11-12H,3,7,9-10H2,1-2H3. The van der Waals surface area contributed by atoms with Gasteiger partial charge in [0.15, 0.2) is 0 Å². The summed E-state index contributed by atoms with van der Waals surface area (Å²) in [5.74, 6) is 0.959. The molecule has 3 rings (SSSR count). The lowest BCUT2D eigenvalue weighted by Gasteiger charge is -2.07. The molecule has 0 N–H and O–H groups in total. The summed E-state index contributed by atoms with van der Waals surface area (Å²) in [6.07, 6.45) is 4.23. The highest BCUT2D eigenvalue weighted by molar-refractivity contribution is 7.09. The number of thiazole rings is 1. The van der Waals surface area contributed by atoms with Gasteiger partial charge in [-0.1, -0.05) is 6.92 Å². The third-order valence-corrected chi connectivity index (χ3v) is 4.63. The van der Waals surface area contributed by atoms with E-state index in [1.54, 1.807) is 11.3 Å². The first-order valence-corrected chi connectivity index (χ1v) is 8.26. The van der Waals surface area contributed by atoms with Crippen molar-refractivity contribution in [2.75, 3.05) is 6.61 Å². The van der Waals surface area contributed by atoms with Crippen molar-refractivity contribution in [2.24, 2.45) is 0 Å². The Hall–Kier alpha value is -1.81. The van der Waals surface area contributed by atoms with Crippen LogP contribution in [-0.4, -0.2) is 16.2 Å². The third-order valence-electron chi connectivity index (χ3n) is 3.64. The molecule has 110 valence electrons. The summed E-state index contributed by atoms with van der Waals surface area (Å²) in [5, 5.41) is 1.24. The lowest BCUT2D eigenvalue weighted by Crippen LogP contribution is -2.00. The van der Waals surface area contributed by atoms with Crippen molar-refractivity contribution in [1.29, 1.82) is 0 Å². The predicted molar refractivity (Wildman–Crippen MR) is 88.3 cm³/mol. The number of ether oxygens (including phenoxy) is 1. The molecule has 0 saturated carbocycles. The monoisotopic (exact) mass is 300 g/mol. The number of hydrogen-bond acceptors (Lipinski definition) is 3. The summed E-state index contributed by atoms with van der Waals surface area (Å²) in [6, 6.07) is 8.50. The number of aryl methyl sites for hydroxylation is 3. The molecule has 0 saturated heterocycles. The smallest absolute Gasteiger partial charge is 0.120 e. The fraction of sp³-hybridized carbons (Fsp3) is 0.353. The van der Waals surface area contributed by atoms with Gasteiger partial charge in [-0.15, -0.1) is 11.3 Å². The lowest BCUT2D eigenvalue weighted by molar-refractivity contribution is 0.318. The first-order chi connectivity index (χ1) is 10.3. The largest absolute Gasteiger partial charge is 0.494 e. The van der Waals surface area contributed by atoms with Crippen LogP contribution in [0.2, 0.25) is 0 Å². The zero-order valence-electron chi connectivity index (χ0n) is 12.5. The first-order valence-electron chi connectivity index (χ1n) is 7.38. The Morgan fingerprint density at radius 2 is 2.19 bits per heavy atom. The molecule has 0 spiro atoms. The summed E-state index contributed by atoms with van der Waals surface area (Å²) in [7, 11) is 0. The van der Waals surface area contributed by atoms with Crippen molar-refractivity contribution < 1.29 is 4.74 Å². The highest BCUT2D eigenvalue weighted by atomic mass is 32.1. The van der Waals surface area contributed by atoms with Gasteiger partial charge in [0.1, 0.15) is 5.75 Å². The predicted octanol–water partition coefficient (Wildman–Crippen LogP) is 4.44. The van der Waals surface area contributed by atoms with Crippen LogP contribution in [0.5, 0.6) is 5.75 Å². The molecule has 0 atom stereocenters. The number of fused-ring (bicyclic) bond motifs is 1. The minimum absolute atomic E-state index is 0.775. The summed E-state index contributed by atoms with van der Waals surface area (Å²) >= 11 is 1.74. The van der Waals surface area contributed by atoms with E-state index < -0.39 is 0 Å². The van der Waals surface area contributed by atoms with Crippen LogP contribution in [0.25, 0.3) is 10.9 Å². The molecule has 21 heavy (non-hydrogen) atoms. The molecule has 0 amide bonds. The topological polar surface area (TPSA) is 27.1 Å². The van der Waals surface area contributed by atoms with Crippen LogP contribution in [0.4, 0.5) is 0 Å². The molecule has 2 heterocycles. The van der Waals surface area contributed by atoms with Crippen LogP contribution in [0.3, 0.4) is 0 Å². The van der Waals surface area contributed by atoms with Crippen molar-refractivity contribution in [3.8, 4) is 5.75 Å². The Morgan fingerprint density at radius 3 is 2.95 bits per heavy atom. The Kier molecular flexibility index (Phi) is 4.25. The second-order valence-corrected chi connectivity index (χ2v) is 6.13. The fourth-order valence-corrected chi connectivity index (χ4v) is 3.24. The molecule has 0 aliphatic rings. The lowest BCUT2D eigenvalue weighted by atomic mass is 10.2. The molecular weight excluding hydrogens is 280 g/mol. The van der Waals surface area contributed by atoms with Crippen molar-refractivity contribution >= 4 is 22.2 Å². The van der Waals surface area contributed by atoms with E-state index in [1.807, 2.05) is 5.51 Å². The normalized spacial score (nSPS) is 11.1. The van der Waals surface area contributed by atoms with E-state index >= 15 is 0 Å². The van der Waals surface area contributed by atoms with Gasteiger partial charge < -0.3 is 9.30 Å². The molecule has 0 aliphatic heterocycles. The molecule has 0 fully saturated rings. The van der Waals surface area contributed by atoms with Gasteiger partial charge in [-0.05, 0) is 37.6 Å². The summed E-state index contributed by atoms with van der Waals surface area (Å²) in [5.41, 5.74) is 4.35. The van der Waals surface area contributed by atoms with E-state index in [0.29, 0.717) is 0 Å². The third kappa shape index (κ3) is 3.10. The van der Waals surface area contributed by atoms with Gasteiger partial charge in [-0.25, -0.2) is 4.98 Å². The maximum absolute atomic E-state index is 5.69. The van der Waals surface area contributed by atoms with E-state index in [0.717, 1.165) is 37.4 Å². The number of aromatic nitrogens is 2. The SMILES string of the molecule is CCCOc1ccc2c(ccn2CCc2scnc2C)c1. The van der Waals surface area contributed by atoms with Gasteiger partial charge in [-0.3, -0.25) is 0 Å². The average molecular weight is 300 g/mol. The Morgan fingerprint density at radius 1 is 1.29 bits per heavy atom. The number of benzene rings is 1. The van der Waals surface area contributed by atoms with Gasteiger partial charge in [0.25, 0.3) is 0 Å². The molecule has 3 aromatic rings. The van der Waals surface area contributed by atoms with E-state index in [2.05, 4.69) is 53.9 Å². The number of nitrogens with zero attached hydrogens (tertiary/aromatic N) is 2. The second-order valence-electron chi connectivity index (χ2n) is 5.19. The zero-order valence-corrected chi connectivity index (χ0v) is 13.3. The number of rotatable bonds is 6. The maximum atomic E-state index is 5.69. The van der Waals surface area contributed by atoms with E-state index in [4.69, 9.17) is 4.74 Å². The van der Waals surface area contributed by atoms with Gasteiger partial charge in [0.2, 0.25) is 0 Å². The van der Waals surface area contributed by atoms with E-state index in [-0.39, 0.29) is 0 Å². The first kappa shape index (κ1) is 14.1. The quantitative estimate of drug-likeness (QED) is 0.673. The van der Waals surface area contributed by atoms with Crippen molar-refractivity contribution in [2.45, 2.75) is 33.2 Å². The summed E-state index contributed by atoms with van der Waals surface area (Å²) in [6.45, 7) is 5.96.